The van der Waals surface area contributed by atoms with Crippen LogP contribution in [-0.4, -0.2) is 14.8 Å². The van der Waals surface area contributed by atoms with Gasteiger partial charge in [0.1, 0.15) is 5.82 Å². The van der Waals surface area contributed by atoms with Gasteiger partial charge in [0.2, 0.25) is 0 Å². The van der Waals surface area contributed by atoms with Gasteiger partial charge in [0.25, 0.3) is 0 Å². The predicted octanol–water partition coefficient (Wildman–Crippen LogP) is 3.08. The summed E-state index contributed by atoms with van der Waals surface area (Å²) < 4.78 is 3.09. The highest BCUT2D eigenvalue weighted by Gasteiger charge is 2.13. The van der Waals surface area contributed by atoms with Crippen LogP contribution in [0.4, 0.5) is 0 Å². The van der Waals surface area contributed by atoms with Crippen LogP contribution in [0.5, 0.6) is 0 Å². The van der Waals surface area contributed by atoms with Gasteiger partial charge in [0, 0.05) is 16.6 Å². The second-order valence-corrected chi connectivity index (χ2v) is 5.63. The van der Waals surface area contributed by atoms with Crippen LogP contribution in [0, 0.1) is 0 Å². The van der Waals surface area contributed by atoms with E-state index in [9.17, 15) is 0 Å². The fourth-order valence-electron chi connectivity index (χ4n) is 2.30. The molecule has 0 amide bonds. The van der Waals surface area contributed by atoms with Crippen molar-refractivity contribution in [3.63, 3.8) is 0 Å². The lowest BCUT2D eigenvalue weighted by Gasteiger charge is -2.09. The molecule has 0 saturated heterocycles. The van der Waals surface area contributed by atoms with Crippen LogP contribution < -0.4 is 5.73 Å². The molecule has 0 radical (unpaired) electrons. The fraction of sp³-hybridized carbons (Fsp3) is 0.125. The van der Waals surface area contributed by atoms with E-state index in [1.54, 1.807) is 0 Å². The maximum Gasteiger partial charge on any atom is 0.151 e. The molecule has 5 heteroatoms. The van der Waals surface area contributed by atoms with Crippen molar-refractivity contribution in [2.45, 2.75) is 13.0 Å². The Morgan fingerprint density at radius 2 is 1.71 bits per heavy atom. The maximum atomic E-state index is 5.79. The van der Waals surface area contributed by atoms with E-state index in [0.29, 0.717) is 13.0 Å². The second kappa shape index (κ2) is 6.20. The summed E-state index contributed by atoms with van der Waals surface area (Å²) in [6.07, 6.45) is 0.710. The maximum absolute atomic E-state index is 5.79. The summed E-state index contributed by atoms with van der Waals surface area (Å²) in [5, 5.41) is 8.51. The molecule has 0 atom stereocenters. The number of rotatable bonds is 4. The Kier molecular flexibility index (Phi) is 4.13. The number of hydrogen-bond donors (Lipinski definition) is 1. The van der Waals surface area contributed by atoms with Gasteiger partial charge in [-0.05, 0) is 29.8 Å². The minimum atomic E-state index is 0.361. The van der Waals surface area contributed by atoms with Crippen molar-refractivity contribution < 1.29 is 0 Å². The molecule has 0 unspecified atom stereocenters. The standard InChI is InChI=1S/C16H15BrN4/c17-13-6-4-5-12(9-13)10-15-19-20-16(11-18)21(15)14-7-2-1-3-8-14/h1-9H,10-11,18H2. The minimum Gasteiger partial charge on any atom is -0.324 e. The van der Waals surface area contributed by atoms with E-state index in [1.165, 1.54) is 5.56 Å². The fourth-order valence-corrected chi connectivity index (χ4v) is 2.75. The lowest BCUT2D eigenvalue weighted by molar-refractivity contribution is 0.838. The Labute approximate surface area is 131 Å². The van der Waals surface area contributed by atoms with Crippen molar-refractivity contribution in [1.82, 2.24) is 14.8 Å². The molecule has 4 nitrogen and oxygen atoms in total. The monoisotopic (exact) mass is 342 g/mol. The summed E-state index contributed by atoms with van der Waals surface area (Å²) in [4.78, 5) is 0. The van der Waals surface area contributed by atoms with E-state index in [-0.39, 0.29) is 0 Å². The van der Waals surface area contributed by atoms with Crippen molar-refractivity contribution in [1.29, 1.82) is 0 Å². The lowest BCUT2D eigenvalue weighted by Crippen LogP contribution is -2.09. The normalized spacial score (nSPS) is 10.8. The van der Waals surface area contributed by atoms with Gasteiger partial charge in [0.05, 0.1) is 6.54 Å². The molecule has 0 aliphatic carbocycles. The molecule has 3 rings (SSSR count). The van der Waals surface area contributed by atoms with Crippen molar-refractivity contribution in [2.24, 2.45) is 5.73 Å². The smallest absolute Gasteiger partial charge is 0.151 e. The first-order valence-corrected chi connectivity index (χ1v) is 7.50. The van der Waals surface area contributed by atoms with Gasteiger partial charge in [0.15, 0.2) is 5.82 Å². The molecule has 0 spiro atoms. The van der Waals surface area contributed by atoms with Crippen molar-refractivity contribution in [3.8, 4) is 5.69 Å². The number of para-hydroxylation sites is 1. The number of benzene rings is 2. The third-order valence-corrected chi connectivity index (χ3v) is 3.74. The number of aromatic nitrogens is 3. The molecule has 0 saturated carbocycles. The largest absolute Gasteiger partial charge is 0.324 e. The number of halogens is 1. The van der Waals surface area contributed by atoms with Gasteiger partial charge in [-0.1, -0.05) is 46.3 Å². The third-order valence-electron chi connectivity index (χ3n) is 3.25. The van der Waals surface area contributed by atoms with E-state index >= 15 is 0 Å². The van der Waals surface area contributed by atoms with Crippen LogP contribution in [0.3, 0.4) is 0 Å². The summed E-state index contributed by atoms with van der Waals surface area (Å²) in [5.41, 5.74) is 8.00. The van der Waals surface area contributed by atoms with E-state index in [0.717, 1.165) is 21.8 Å². The Hall–Kier alpha value is -1.98. The van der Waals surface area contributed by atoms with Gasteiger partial charge < -0.3 is 5.73 Å². The van der Waals surface area contributed by atoms with Crippen molar-refractivity contribution >= 4 is 15.9 Å². The molecule has 0 aliphatic rings. The van der Waals surface area contributed by atoms with Gasteiger partial charge >= 0.3 is 0 Å². The molecule has 21 heavy (non-hydrogen) atoms. The molecule has 0 fully saturated rings. The molecule has 1 heterocycles. The zero-order chi connectivity index (χ0) is 14.7. The van der Waals surface area contributed by atoms with Crippen LogP contribution in [0.1, 0.15) is 17.2 Å². The Balaban J connectivity index is 2.02. The molecular formula is C16H15BrN4. The average molecular weight is 343 g/mol. The highest BCUT2D eigenvalue weighted by molar-refractivity contribution is 9.10. The van der Waals surface area contributed by atoms with Gasteiger partial charge in [-0.25, -0.2) is 0 Å². The Bertz CT molecular complexity index is 737. The zero-order valence-electron chi connectivity index (χ0n) is 11.4. The minimum absolute atomic E-state index is 0.361. The molecule has 2 aromatic carbocycles. The van der Waals surface area contributed by atoms with Crippen LogP contribution in [-0.2, 0) is 13.0 Å². The molecule has 3 aromatic rings. The molecule has 0 aliphatic heterocycles. The number of hydrogen-bond acceptors (Lipinski definition) is 3. The van der Waals surface area contributed by atoms with Crippen molar-refractivity contribution in [2.75, 3.05) is 0 Å². The van der Waals surface area contributed by atoms with E-state index in [4.69, 9.17) is 5.73 Å². The first kappa shape index (κ1) is 14.0. The van der Waals surface area contributed by atoms with Crippen LogP contribution in [0.25, 0.3) is 5.69 Å². The quantitative estimate of drug-likeness (QED) is 0.792. The summed E-state index contributed by atoms with van der Waals surface area (Å²) in [6, 6.07) is 18.3. The van der Waals surface area contributed by atoms with Crippen LogP contribution in [0.2, 0.25) is 0 Å². The topological polar surface area (TPSA) is 56.7 Å². The highest BCUT2D eigenvalue weighted by Crippen LogP contribution is 2.18. The molecular weight excluding hydrogens is 328 g/mol. The SMILES string of the molecule is NCc1nnc(Cc2cccc(Br)c2)n1-c1ccccc1. The summed E-state index contributed by atoms with van der Waals surface area (Å²) >= 11 is 3.49. The highest BCUT2D eigenvalue weighted by atomic mass is 79.9. The summed E-state index contributed by atoms with van der Waals surface area (Å²) in [5.74, 6) is 1.66. The average Bonchev–Trinajstić information content (AvgIpc) is 2.91. The first-order valence-electron chi connectivity index (χ1n) is 6.71. The van der Waals surface area contributed by atoms with Crippen LogP contribution in [0.15, 0.2) is 59.1 Å². The number of nitrogens with two attached hydrogens (primary N) is 1. The zero-order valence-corrected chi connectivity index (χ0v) is 13.0. The molecule has 106 valence electrons. The summed E-state index contributed by atoms with van der Waals surface area (Å²) in [7, 11) is 0. The summed E-state index contributed by atoms with van der Waals surface area (Å²) in [6.45, 7) is 0.361. The van der Waals surface area contributed by atoms with Crippen molar-refractivity contribution in [3.05, 3.63) is 76.3 Å². The van der Waals surface area contributed by atoms with Crippen LogP contribution >= 0.6 is 15.9 Å². The first-order chi connectivity index (χ1) is 10.3. The third kappa shape index (κ3) is 3.04. The second-order valence-electron chi connectivity index (χ2n) is 4.71. The number of nitrogens with zero attached hydrogens (tertiary/aromatic N) is 3. The Morgan fingerprint density at radius 1 is 0.952 bits per heavy atom. The Morgan fingerprint density at radius 3 is 2.43 bits per heavy atom. The van der Waals surface area contributed by atoms with E-state index in [2.05, 4.69) is 38.3 Å². The molecule has 1 aromatic heterocycles. The van der Waals surface area contributed by atoms with Gasteiger partial charge in [-0.2, -0.15) is 0 Å². The molecule has 2 N–H and O–H groups in total. The van der Waals surface area contributed by atoms with Gasteiger partial charge in [-0.15, -0.1) is 10.2 Å². The van der Waals surface area contributed by atoms with Gasteiger partial charge in [-0.3, -0.25) is 4.57 Å². The molecule has 0 bridgehead atoms. The predicted molar refractivity (Wildman–Crippen MR) is 86.2 cm³/mol. The lowest BCUT2D eigenvalue weighted by atomic mass is 10.1. The van der Waals surface area contributed by atoms with E-state index < -0.39 is 0 Å². The van der Waals surface area contributed by atoms with E-state index in [1.807, 2.05) is 47.0 Å².